The molecule has 1 amide bonds. The number of rotatable bonds is 13. The first-order chi connectivity index (χ1) is 12.3. The van der Waals surface area contributed by atoms with Crippen molar-refractivity contribution < 1.29 is 19.0 Å². The molecule has 0 aromatic heterocycles. The summed E-state index contributed by atoms with van der Waals surface area (Å²) in [4.78, 5) is 21.3. The van der Waals surface area contributed by atoms with Crippen molar-refractivity contribution in [3.05, 3.63) is 65.1 Å². The maximum Gasteiger partial charge on any atom is 0.286 e. The first-order valence-electron chi connectivity index (χ1n) is 8.18. The number of hydrogen-bond acceptors (Lipinski definition) is 5. The third-order valence-electron chi connectivity index (χ3n) is 3.25. The number of hydrogen-bond donors (Lipinski definition) is 0. The summed E-state index contributed by atoms with van der Waals surface area (Å²) in [5.41, 5.74) is 1.05. The normalized spacial score (nSPS) is 12.7. The Morgan fingerprint density at radius 1 is 1.24 bits per heavy atom. The van der Waals surface area contributed by atoms with E-state index in [9.17, 15) is 9.70 Å². The number of amides is 1. The summed E-state index contributed by atoms with van der Waals surface area (Å²) in [6, 6.07) is 9.77. The van der Waals surface area contributed by atoms with Crippen LogP contribution in [-0.2, 0) is 25.6 Å². The standard InChI is InChI=1S/C19H25NO5/c1-23-16-24-14-8-3-2-7-11-18(12-13-19(21)20-22)25-15-17-9-5-4-6-10-17/h2-7,9-11,18H,8,12-16H2,1H3/b3-2+,11-7+/t18-/m1/s1. The molecular formula is C19H25NO5. The fourth-order valence-corrected chi connectivity index (χ4v) is 1.98. The van der Waals surface area contributed by atoms with E-state index in [1.165, 1.54) is 0 Å². The minimum Gasteiger partial charge on any atom is -0.369 e. The quantitative estimate of drug-likeness (QED) is 0.235. The van der Waals surface area contributed by atoms with Gasteiger partial charge in [-0.1, -0.05) is 54.6 Å². The molecule has 0 N–H and O–H groups in total. The van der Waals surface area contributed by atoms with Gasteiger partial charge in [0.2, 0.25) is 0 Å². The first kappa shape index (κ1) is 20.9. The zero-order valence-corrected chi connectivity index (χ0v) is 14.5. The lowest BCUT2D eigenvalue weighted by atomic mass is 10.1. The fraction of sp³-hybridized carbons (Fsp3) is 0.421. The highest BCUT2D eigenvalue weighted by molar-refractivity contribution is 5.76. The Morgan fingerprint density at radius 3 is 2.76 bits per heavy atom. The van der Waals surface area contributed by atoms with Crippen LogP contribution in [0.3, 0.4) is 0 Å². The van der Waals surface area contributed by atoms with Crippen LogP contribution in [-0.4, -0.2) is 32.5 Å². The van der Waals surface area contributed by atoms with Gasteiger partial charge in [-0.05, 0) is 18.4 Å². The maximum absolute atomic E-state index is 11.1. The van der Waals surface area contributed by atoms with Crippen molar-refractivity contribution in [3.8, 4) is 0 Å². The average Bonchev–Trinajstić information content (AvgIpc) is 2.65. The van der Waals surface area contributed by atoms with Gasteiger partial charge in [0, 0.05) is 18.7 Å². The second-order valence-electron chi connectivity index (χ2n) is 5.28. The lowest BCUT2D eigenvalue weighted by Crippen LogP contribution is -2.11. The highest BCUT2D eigenvalue weighted by Crippen LogP contribution is 2.10. The molecule has 0 fully saturated rings. The molecule has 25 heavy (non-hydrogen) atoms. The van der Waals surface area contributed by atoms with Gasteiger partial charge in [-0.2, -0.15) is 0 Å². The molecule has 0 aliphatic rings. The largest absolute Gasteiger partial charge is 0.369 e. The van der Waals surface area contributed by atoms with Gasteiger partial charge in [-0.15, -0.1) is 4.91 Å². The van der Waals surface area contributed by atoms with Crippen molar-refractivity contribution in [1.82, 2.24) is 0 Å². The Labute approximate surface area is 148 Å². The van der Waals surface area contributed by atoms with E-state index in [-0.39, 0.29) is 19.3 Å². The zero-order chi connectivity index (χ0) is 18.2. The van der Waals surface area contributed by atoms with Gasteiger partial charge in [-0.25, -0.2) is 0 Å². The number of nitroso groups, excluding NO2 is 1. The van der Waals surface area contributed by atoms with E-state index in [1.54, 1.807) is 7.11 Å². The summed E-state index contributed by atoms with van der Waals surface area (Å²) >= 11 is 0. The number of carbonyl (C=O) groups excluding carboxylic acids is 1. The summed E-state index contributed by atoms with van der Waals surface area (Å²) < 4.78 is 15.8. The summed E-state index contributed by atoms with van der Waals surface area (Å²) in [5.74, 6) is -0.660. The van der Waals surface area contributed by atoms with Crippen molar-refractivity contribution >= 4 is 5.91 Å². The van der Waals surface area contributed by atoms with E-state index in [1.807, 2.05) is 54.6 Å². The molecule has 0 bridgehead atoms. The molecule has 0 radical (unpaired) electrons. The maximum atomic E-state index is 11.1. The van der Waals surface area contributed by atoms with Gasteiger partial charge in [0.15, 0.2) is 0 Å². The third-order valence-corrected chi connectivity index (χ3v) is 3.25. The van der Waals surface area contributed by atoms with E-state index in [4.69, 9.17) is 14.2 Å². The van der Waals surface area contributed by atoms with E-state index in [0.717, 1.165) is 12.0 Å². The molecule has 1 rings (SSSR count). The fourth-order valence-electron chi connectivity index (χ4n) is 1.98. The van der Waals surface area contributed by atoms with Crippen LogP contribution in [0.2, 0.25) is 0 Å². The SMILES string of the molecule is COCOCC/C=C/C=C/[C@H](CCC(=O)N=O)OCc1ccccc1. The summed E-state index contributed by atoms with van der Waals surface area (Å²) in [5, 5.41) is 2.42. The van der Waals surface area contributed by atoms with Gasteiger partial charge >= 0.3 is 0 Å². The Kier molecular flexibility index (Phi) is 11.9. The van der Waals surface area contributed by atoms with Crippen molar-refractivity contribution in [2.45, 2.75) is 32.0 Å². The minimum absolute atomic E-state index is 0.0713. The van der Waals surface area contributed by atoms with Crippen LogP contribution < -0.4 is 0 Å². The summed E-state index contributed by atoms with van der Waals surface area (Å²) in [6.07, 6.45) is 8.60. The molecule has 0 aliphatic heterocycles. The number of allylic oxidation sites excluding steroid dienone is 2. The Morgan fingerprint density at radius 2 is 2.04 bits per heavy atom. The van der Waals surface area contributed by atoms with Crippen molar-refractivity contribution in [2.24, 2.45) is 5.18 Å². The highest BCUT2D eigenvalue weighted by atomic mass is 16.7. The topological polar surface area (TPSA) is 74.2 Å². The van der Waals surface area contributed by atoms with Gasteiger partial charge in [0.25, 0.3) is 5.91 Å². The molecular weight excluding hydrogens is 322 g/mol. The number of benzene rings is 1. The molecule has 136 valence electrons. The monoisotopic (exact) mass is 347 g/mol. The number of ether oxygens (including phenoxy) is 3. The molecule has 1 aromatic carbocycles. The smallest absolute Gasteiger partial charge is 0.286 e. The van der Waals surface area contributed by atoms with Crippen LogP contribution in [0, 0.1) is 4.91 Å². The molecule has 6 nitrogen and oxygen atoms in total. The molecule has 6 heteroatoms. The van der Waals surface area contributed by atoms with Crippen LogP contribution in [0.25, 0.3) is 0 Å². The lowest BCUT2D eigenvalue weighted by Gasteiger charge is -2.13. The second kappa shape index (κ2) is 14.2. The predicted octanol–water partition coefficient (Wildman–Crippen LogP) is 3.77. The predicted molar refractivity (Wildman–Crippen MR) is 95.8 cm³/mol. The first-order valence-corrected chi connectivity index (χ1v) is 8.18. The van der Waals surface area contributed by atoms with Gasteiger partial charge in [0.05, 0.1) is 19.3 Å². The molecule has 1 atom stereocenters. The van der Waals surface area contributed by atoms with Gasteiger partial charge < -0.3 is 14.2 Å². The van der Waals surface area contributed by atoms with E-state index in [0.29, 0.717) is 19.6 Å². The minimum atomic E-state index is -0.660. The van der Waals surface area contributed by atoms with Crippen LogP contribution in [0.1, 0.15) is 24.8 Å². The van der Waals surface area contributed by atoms with E-state index in [2.05, 4.69) is 5.18 Å². The third kappa shape index (κ3) is 11.1. The summed E-state index contributed by atoms with van der Waals surface area (Å²) in [7, 11) is 1.58. The molecule has 0 unspecified atom stereocenters. The van der Waals surface area contributed by atoms with E-state index >= 15 is 0 Å². The van der Waals surface area contributed by atoms with Crippen molar-refractivity contribution in [1.29, 1.82) is 0 Å². The zero-order valence-electron chi connectivity index (χ0n) is 14.5. The lowest BCUT2D eigenvalue weighted by molar-refractivity contribution is -0.118. The molecule has 0 aliphatic carbocycles. The second-order valence-corrected chi connectivity index (χ2v) is 5.28. The van der Waals surface area contributed by atoms with Crippen molar-refractivity contribution in [2.75, 3.05) is 20.5 Å². The van der Waals surface area contributed by atoms with Crippen LogP contribution in [0.5, 0.6) is 0 Å². The molecule has 1 aromatic rings. The Bertz CT molecular complexity index is 542. The van der Waals surface area contributed by atoms with Gasteiger partial charge in [-0.3, -0.25) is 4.79 Å². The molecule has 0 heterocycles. The Balaban J connectivity index is 2.43. The molecule has 0 saturated heterocycles. The average molecular weight is 347 g/mol. The Hall–Kier alpha value is -2.15. The summed E-state index contributed by atoms with van der Waals surface area (Å²) in [6.45, 7) is 1.32. The van der Waals surface area contributed by atoms with Crippen molar-refractivity contribution in [3.63, 3.8) is 0 Å². The van der Waals surface area contributed by atoms with Gasteiger partial charge in [0.1, 0.15) is 6.79 Å². The van der Waals surface area contributed by atoms with E-state index < -0.39 is 5.91 Å². The molecule has 0 spiro atoms. The van der Waals surface area contributed by atoms with Crippen LogP contribution >= 0.6 is 0 Å². The highest BCUT2D eigenvalue weighted by Gasteiger charge is 2.09. The number of nitrogens with zero attached hydrogens (tertiary/aromatic N) is 1. The van der Waals surface area contributed by atoms with Crippen LogP contribution in [0.15, 0.2) is 59.8 Å². The molecule has 0 saturated carbocycles. The number of carbonyl (C=O) groups is 1. The number of methoxy groups -OCH3 is 1. The van der Waals surface area contributed by atoms with Crippen LogP contribution in [0.4, 0.5) is 0 Å².